The largest absolute Gasteiger partial charge is 0.362 e. The quantitative estimate of drug-likeness (QED) is 0.630. The Morgan fingerprint density at radius 2 is 1.91 bits per heavy atom. The van der Waals surface area contributed by atoms with E-state index in [-0.39, 0.29) is 0 Å². The third-order valence-electron chi connectivity index (χ3n) is 4.08. The minimum atomic E-state index is 0.616. The van der Waals surface area contributed by atoms with Gasteiger partial charge in [-0.05, 0) is 31.2 Å². The number of imidazole rings is 1. The van der Waals surface area contributed by atoms with E-state index in [2.05, 4.69) is 50.0 Å². The first-order chi connectivity index (χ1) is 11.2. The molecule has 5 heteroatoms. The number of rotatable bonds is 3. The van der Waals surface area contributed by atoms with Crippen molar-refractivity contribution in [2.75, 3.05) is 5.32 Å². The van der Waals surface area contributed by atoms with E-state index in [4.69, 9.17) is 0 Å². The standard InChI is InChI=1S/C18H17N5/c1-12-7-8-14-13(9-12)18(21-11-20-14)19-10-17-22-15-5-3-4-6-16(15)23(17)2/h3-9,11H,10H2,1-2H3,(H,19,20,21). The maximum atomic E-state index is 4.68. The molecule has 0 amide bonds. The third kappa shape index (κ3) is 2.40. The molecule has 0 radical (unpaired) electrons. The summed E-state index contributed by atoms with van der Waals surface area (Å²) in [7, 11) is 2.04. The van der Waals surface area contributed by atoms with Gasteiger partial charge in [-0.25, -0.2) is 15.0 Å². The molecule has 0 spiro atoms. The molecular weight excluding hydrogens is 286 g/mol. The van der Waals surface area contributed by atoms with Gasteiger partial charge in [0.15, 0.2) is 0 Å². The fourth-order valence-electron chi connectivity index (χ4n) is 2.83. The van der Waals surface area contributed by atoms with Gasteiger partial charge in [-0.1, -0.05) is 23.8 Å². The Balaban J connectivity index is 1.68. The number of hydrogen-bond acceptors (Lipinski definition) is 4. The second-order valence-corrected chi connectivity index (χ2v) is 5.67. The minimum absolute atomic E-state index is 0.616. The van der Waals surface area contributed by atoms with Crippen molar-refractivity contribution in [1.82, 2.24) is 19.5 Å². The molecule has 2 heterocycles. The molecule has 0 aliphatic heterocycles. The van der Waals surface area contributed by atoms with Crippen LogP contribution in [0.4, 0.5) is 5.82 Å². The fourth-order valence-corrected chi connectivity index (χ4v) is 2.83. The first-order valence-electron chi connectivity index (χ1n) is 7.58. The maximum Gasteiger partial charge on any atom is 0.137 e. The van der Waals surface area contributed by atoms with E-state index in [1.165, 1.54) is 5.56 Å². The summed E-state index contributed by atoms with van der Waals surface area (Å²) in [5.74, 6) is 1.82. The summed E-state index contributed by atoms with van der Waals surface area (Å²) in [6, 6.07) is 14.3. The van der Waals surface area contributed by atoms with Gasteiger partial charge in [-0.15, -0.1) is 0 Å². The second-order valence-electron chi connectivity index (χ2n) is 5.67. The molecule has 0 aliphatic rings. The van der Waals surface area contributed by atoms with Gasteiger partial charge in [0, 0.05) is 12.4 Å². The lowest BCUT2D eigenvalue weighted by molar-refractivity contribution is 0.832. The molecule has 0 fully saturated rings. The molecule has 4 aromatic rings. The number of anilines is 1. The van der Waals surface area contributed by atoms with Gasteiger partial charge in [0.1, 0.15) is 18.0 Å². The van der Waals surface area contributed by atoms with Crippen LogP contribution in [0.5, 0.6) is 0 Å². The van der Waals surface area contributed by atoms with Gasteiger partial charge in [-0.2, -0.15) is 0 Å². The Labute approximate surface area is 134 Å². The Kier molecular flexibility index (Phi) is 3.19. The average Bonchev–Trinajstić information content (AvgIpc) is 2.89. The summed E-state index contributed by atoms with van der Waals surface area (Å²) < 4.78 is 2.11. The smallest absolute Gasteiger partial charge is 0.137 e. The SMILES string of the molecule is Cc1ccc2ncnc(NCc3nc4ccccc4n3C)c2c1. The molecule has 0 saturated carbocycles. The van der Waals surface area contributed by atoms with Crippen molar-refractivity contribution in [1.29, 1.82) is 0 Å². The first-order valence-corrected chi connectivity index (χ1v) is 7.58. The van der Waals surface area contributed by atoms with Crippen molar-refractivity contribution in [2.45, 2.75) is 13.5 Å². The average molecular weight is 303 g/mol. The summed E-state index contributed by atoms with van der Waals surface area (Å²) in [6.45, 7) is 2.69. The second kappa shape index (κ2) is 5.35. The normalized spacial score (nSPS) is 11.2. The van der Waals surface area contributed by atoms with Crippen LogP contribution in [-0.4, -0.2) is 19.5 Å². The van der Waals surface area contributed by atoms with Crippen LogP contribution in [0, 0.1) is 6.92 Å². The molecule has 0 atom stereocenters. The van der Waals surface area contributed by atoms with Gasteiger partial charge in [0.2, 0.25) is 0 Å². The van der Waals surface area contributed by atoms with E-state index < -0.39 is 0 Å². The van der Waals surface area contributed by atoms with E-state index in [1.807, 2.05) is 31.3 Å². The van der Waals surface area contributed by atoms with Crippen molar-refractivity contribution >= 4 is 27.8 Å². The highest BCUT2D eigenvalue weighted by atomic mass is 15.1. The van der Waals surface area contributed by atoms with Crippen LogP contribution in [-0.2, 0) is 13.6 Å². The Morgan fingerprint density at radius 1 is 1.04 bits per heavy atom. The molecule has 0 saturated heterocycles. The van der Waals surface area contributed by atoms with Crippen LogP contribution >= 0.6 is 0 Å². The highest BCUT2D eigenvalue weighted by Gasteiger charge is 2.08. The van der Waals surface area contributed by atoms with Crippen molar-refractivity contribution in [3.63, 3.8) is 0 Å². The lowest BCUT2D eigenvalue weighted by Gasteiger charge is -2.09. The van der Waals surface area contributed by atoms with Gasteiger partial charge >= 0.3 is 0 Å². The zero-order valence-corrected chi connectivity index (χ0v) is 13.1. The number of nitrogens with zero attached hydrogens (tertiary/aromatic N) is 4. The minimum Gasteiger partial charge on any atom is -0.362 e. The summed E-state index contributed by atoms with van der Waals surface area (Å²) in [6.07, 6.45) is 1.59. The third-order valence-corrected chi connectivity index (χ3v) is 4.08. The van der Waals surface area contributed by atoms with E-state index in [1.54, 1.807) is 6.33 Å². The first kappa shape index (κ1) is 13.7. The Morgan fingerprint density at radius 3 is 2.78 bits per heavy atom. The molecule has 1 N–H and O–H groups in total. The number of aromatic nitrogens is 4. The highest BCUT2D eigenvalue weighted by Crippen LogP contribution is 2.21. The molecule has 23 heavy (non-hydrogen) atoms. The number of para-hydroxylation sites is 2. The zero-order valence-electron chi connectivity index (χ0n) is 13.1. The van der Waals surface area contributed by atoms with Gasteiger partial charge in [-0.3, -0.25) is 0 Å². The molecule has 2 aromatic carbocycles. The summed E-state index contributed by atoms with van der Waals surface area (Å²) in [5.41, 5.74) is 4.28. The fraction of sp³-hybridized carbons (Fsp3) is 0.167. The van der Waals surface area contributed by atoms with Gasteiger partial charge in [0.05, 0.1) is 23.1 Å². The topological polar surface area (TPSA) is 55.6 Å². The van der Waals surface area contributed by atoms with Crippen LogP contribution in [0.3, 0.4) is 0 Å². The molecule has 4 rings (SSSR count). The van der Waals surface area contributed by atoms with E-state index >= 15 is 0 Å². The van der Waals surface area contributed by atoms with Crippen molar-refractivity contribution < 1.29 is 0 Å². The lowest BCUT2D eigenvalue weighted by atomic mass is 10.1. The van der Waals surface area contributed by atoms with Crippen molar-refractivity contribution in [2.24, 2.45) is 7.05 Å². The molecule has 0 bridgehead atoms. The van der Waals surface area contributed by atoms with Gasteiger partial charge < -0.3 is 9.88 Å². The number of nitrogens with one attached hydrogen (secondary N) is 1. The van der Waals surface area contributed by atoms with Crippen LogP contribution < -0.4 is 5.32 Å². The summed E-state index contributed by atoms with van der Waals surface area (Å²) in [5, 5.41) is 4.43. The number of aryl methyl sites for hydroxylation is 2. The maximum absolute atomic E-state index is 4.68. The molecule has 2 aromatic heterocycles. The van der Waals surface area contributed by atoms with Crippen LogP contribution in [0.25, 0.3) is 21.9 Å². The molecular formula is C18H17N5. The molecule has 5 nitrogen and oxygen atoms in total. The highest BCUT2D eigenvalue weighted by molar-refractivity contribution is 5.89. The summed E-state index contributed by atoms with van der Waals surface area (Å²) >= 11 is 0. The molecule has 0 aliphatic carbocycles. The van der Waals surface area contributed by atoms with Crippen LogP contribution in [0.15, 0.2) is 48.8 Å². The Bertz CT molecular complexity index is 1000. The summed E-state index contributed by atoms with van der Waals surface area (Å²) in [4.78, 5) is 13.4. The van der Waals surface area contributed by atoms with E-state index in [0.717, 1.165) is 33.6 Å². The number of hydrogen-bond donors (Lipinski definition) is 1. The molecule has 114 valence electrons. The molecule has 0 unspecified atom stereocenters. The van der Waals surface area contributed by atoms with Crippen molar-refractivity contribution in [3.8, 4) is 0 Å². The predicted octanol–water partition coefficient (Wildman–Crippen LogP) is 3.44. The number of fused-ring (bicyclic) bond motifs is 2. The van der Waals surface area contributed by atoms with Gasteiger partial charge in [0.25, 0.3) is 0 Å². The van der Waals surface area contributed by atoms with Crippen LogP contribution in [0.1, 0.15) is 11.4 Å². The van der Waals surface area contributed by atoms with Crippen LogP contribution in [0.2, 0.25) is 0 Å². The van der Waals surface area contributed by atoms with E-state index in [9.17, 15) is 0 Å². The predicted molar refractivity (Wildman–Crippen MR) is 92.3 cm³/mol. The Hall–Kier alpha value is -2.95. The van der Waals surface area contributed by atoms with E-state index in [0.29, 0.717) is 6.54 Å². The lowest BCUT2D eigenvalue weighted by Crippen LogP contribution is -2.07. The van der Waals surface area contributed by atoms with Crippen molar-refractivity contribution in [3.05, 3.63) is 60.2 Å². The zero-order chi connectivity index (χ0) is 15.8. The monoisotopic (exact) mass is 303 g/mol. The number of benzene rings is 2.